The van der Waals surface area contributed by atoms with Crippen LogP contribution in [0.5, 0.6) is 0 Å². The molecule has 0 saturated heterocycles. The van der Waals surface area contributed by atoms with E-state index in [1.54, 1.807) is 4.90 Å². The van der Waals surface area contributed by atoms with E-state index in [9.17, 15) is 4.79 Å². The van der Waals surface area contributed by atoms with Crippen molar-refractivity contribution in [1.82, 2.24) is 10.2 Å². The Morgan fingerprint density at radius 1 is 1.39 bits per heavy atom. The van der Waals surface area contributed by atoms with Gasteiger partial charge in [-0.05, 0) is 24.5 Å². The third-order valence-corrected chi connectivity index (χ3v) is 4.17. The maximum absolute atomic E-state index is 12.0. The number of rotatable bonds is 3. The molecule has 0 aromatic heterocycles. The molecule has 1 aliphatic rings. The van der Waals surface area contributed by atoms with Crippen LogP contribution in [0.25, 0.3) is 0 Å². The lowest BCUT2D eigenvalue weighted by Gasteiger charge is -2.21. The lowest BCUT2D eigenvalue weighted by Crippen LogP contribution is -2.41. The van der Waals surface area contributed by atoms with Crippen molar-refractivity contribution in [3.63, 3.8) is 0 Å². The Bertz CT molecular complexity index is 416. The zero-order valence-electron chi connectivity index (χ0n) is 10.7. The number of nitrogens with one attached hydrogen (secondary N) is 1. The smallest absolute Gasteiger partial charge is 0.317 e. The van der Waals surface area contributed by atoms with Crippen LogP contribution in [0.1, 0.15) is 31.2 Å². The second-order valence-electron chi connectivity index (χ2n) is 4.88. The number of nitrogens with zero attached hydrogens (tertiary/aromatic N) is 1. The van der Waals surface area contributed by atoms with Crippen LogP contribution in [-0.2, 0) is 6.54 Å². The van der Waals surface area contributed by atoms with Crippen LogP contribution in [0, 0.1) is 0 Å². The molecule has 0 aliphatic heterocycles. The van der Waals surface area contributed by atoms with Gasteiger partial charge in [0, 0.05) is 24.1 Å². The van der Waals surface area contributed by atoms with Crippen molar-refractivity contribution >= 4 is 22.0 Å². The standard InChI is InChI=1S/C14H19BrN2O/c1-17(10-11-6-2-5-9-13(11)15)14(18)16-12-7-3-4-8-12/h2,5-6,9,12H,3-4,7-8,10H2,1H3,(H,16,18). The van der Waals surface area contributed by atoms with E-state index in [-0.39, 0.29) is 6.03 Å². The predicted molar refractivity (Wildman–Crippen MR) is 76.4 cm³/mol. The van der Waals surface area contributed by atoms with Gasteiger partial charge in [-0.3, -0.25) is 0 Å². The molecule has 0 bridgehead atoms. The number of carbonyl (C=O) groups excluding carboxylic acids is 1. The molecule has 1 saturated carbocycles. The Kier molecular flexibility index (Phi) is 4.64. The van der Waals surface area contributed by atoms with E-state index < -0.39 is 0 Å². The molecular weight excluding hydrogens is 292 g/mol. The summed E-state index contributed by atoms with van der Waals surface area (Å²) in [6, 6.07) is 8.40. The summed E-state index contributed by atoms with van der Waals surface area (Å²) in [6.45, 7) is 0.625. The van der Waals surface area contributed by atoms with Gasteiger partial charge in [0.1, 0.15) is 0 Å². The molecule has 2 amide bonds. The molecule has 98 valence electrons. The van der Waals surface area contributed by atoms with Gasteiger partial charge in [0.05, 0.1) is 0 Å². The van der Waals surface area contributed by atoms with Gasteiger partial charge >= 0.3 is 6.03 Å². The molecule has 0 atom stereocenters. The van der Waals surface area contributed by atoms with Gasteiger partial charge in [0.25, 0.3) is 0 Å². The molecule has 3 nitrogen and oxygen atoms in total. The minimum absolute atomic E-state index is 0.0256. The molecule has 0 heterocycles. The molecule has 4 heteroatoms. The number of urea groups is 1. The second kappa shape index (κ2) is 6.23. The molecule has 18 heavy (non-hydrogen) atoms. The van der Waals surface area contributed by atoms with Crippen molar-refractivity contribution in [1.29, 1.82) is 0 Å². The van der Waals surface area contributed by atoms with Crippen LogP contribution in [0.2, 0.25) is 0 Å². The zero-order chi connectivity index (χ0) is 13.0. The highest BCUT2D eigenvalue weighted by atomic mass is 79.9. The van der Waals surface area contributed by atoms with Crippen molar-refractivity contribution in [2.45, 2.75) is 38.3 Å². The van der Waals surface area contributed by atoms with Crippen LogP contribution in [-0.4, -0.2) is 24.0 Å². The topological polar surface area (TPSA) is 32.3 Å². The highest BCUT2D eigenvalue weighted by Gasteiger charge is 2.19. The number of halogens is 1. The van der Waals surface area contributed by atoms with Crippen LogP contribution in [0.3, 0.4) is 0 Å². The van der Waals surface area contributed by atoms with E-state index in [4.69, 9.17) is 0 Å². The fraction of sp³-hybridized carbons (Fsp3) is 0.500. The SMILES string of the molecule is CN(Cc1ccccc1Br)C(=O)NC1CCCC1. The minimum Gasteiger partial charge on any atom is -0.335 e. The lowest BCUT2D eigenvalue weighted by atomic mass is 10.2. The van der Waals surface area contributed by atoms with Gasteiger partial charge in [-0.15, -0.1) is 0 Å². The summed E-state index contributed by atoms with van der Waals surface area (Å²) >= 11 is 3.50. The number of benzene rings is 1. The van der Waals surface area contributed by atoms with Crippen molar-refractivity contribution in [3.05, 3.63) is 34.3 Å². The second-order valence-corrected chi connectivity index (χ2v) is 5.73. The van der Waals surface area contributed by atoms with E-state index >= 15 is 0 Å². The molecule has 1 fully saturated rings. The summed E-state index contributed by atoms with van der Waals surface area (Å²) in [6.07, 6.45) is 4.71. The number of hydrogen-bond donors (Lipinski definition) is 1. The molecule has 1 aliphatic carbocycles. The first-order chi connectivity index (χ1) is 8.66. The van der Waals surface area contributed by atoms with Gasteiger partial charge in [0.2, 0.25) is 0 Å². The number of amides is 2. The van der Waals surface area contributed by atoms with Gasteiger partial charge in [0.15, 0.2) is 0 Å². The summed E-state index contributed by atoms with van der Waals surface area (Å²) in [5.74, 6) is 0. The van der Waals surface area contributed by atoms with E-state index in [1.807, 2.05) is 31.3 Å². The molecule has 1 aromatic carbocycles. The summed E-state index contributed by atoms with van der Waals surface area (Å²) in [5.41, 5.74) is 1.13. The Hall–Kier alpha value is -1.03. The van der Waals surface area contributed by atoms with E-state index in [2.05, 4.69) is 21.2 Å². The number of hydrogen-bond acceptors (Lipinski definition) is 1. The summed E-state index contributed by atoms with van der Waals surface area (Å²) in [5, 5.41) is 3.09. The molecule has 2 rings (SSSR count). The molecular formula is C14H19BrN2O. The van der Waals surface area contributed by atoms with Gasteiger partial charge in [-0.2, -0.15) is 0 Å². The average molecular weight is 311 g/mol. The highest BCUT2D eigenvalue weighted by molar-refractivity contribution is 9.10. The fourth-order valence-corrected chi connectivity index (χ4v) is 2.72. The monoisotopic (exact) mass is 310 g/mol. The lowest BCUT2D eigenvalue weighted by molar-refractivity contribution is 0.202. The summed E-state index contributed by atoms with van der Waals surface area (Å²) < 4.78 is 1.05. The predicted octanol–water partition coefficient (Wildman–Crippen LogP) is 3.53. The van der Waals surface area contributed by atoms with E-state index in [1.165, 1.54) is 12.8 Å². The Morgan fingerprint density at radius 3 is 2.72 bits per heavy atom. The Balaban J connectivity index is 1.89. The van der Waals surface area contributed by atoms with E-state index in [0.29, 0.717) is 12.6 Å². The van der Waals surface area contributed by atoms with Crippen molar-refractivity contribution in [3.8, 4) is 0 Å². The maximum Gasteiger partial charge on any atom is 0.317 e. The third kappa shape index (κ3) is 3.48. The molecule has 0 spiro atoms. The van der Waals surface area contributed by atoms with Gasteiger partial charge < -0.3 is 10.2 Å². The quantitative estimate of drug-likeness (QED) is 0.910. The Morgan fingerprint density at radius 2 is 2.06 bits per heavy atom. The molecule has 1 N–H and O–H groups in total. The van der Waals surface area contributed by atoms with Gasteiger partial charge in [-0.25, -0.2) is 4.79 Å². The first kappa shape index (κ1) is 13.4. The van der Waals surface area contributed by atoms with Crippen LogP contribution in [0.15, 0.2) is 28.7 Å². The van der Waals surface area contributed by atoms with Crippen molar-refractivity contribution < 1.29 is 4.79 Å². The summed E-state index contributed by atoms with van der Waals surface area (Å²) in [7, 11) is 1.84. The first-order valence-corrected chi connectivity index (χ1v) is 7.21. The highest BCUT2D eigenvalue weighted by Crippen LogP contribution is 2.19. The largest absolute Gasteiger partial charge is 0.335 e. The maximum atomic E-state index is 12.0. The molecule has 0 radical (unpaired) electrons. The first-order valence-electron chi connectivity index (χ1n) is 6.42. The normalized spacial score (nSPS) is 15.7. The van der Waals surface area contributed by atoms with Crippen LogP contribution in [0.4, 0.5) is 4.79 Å². The van der Waals surface area contributed by atoms with E-state index in [0.717, 1.165) is 22.9 Å². The zero-order valence-corrected chi connectivity index (χ0v) is 12.2. The van der Waals surface area contributed by atoms with Gasteiger partial charge in [-0.1, -0.05) is 47.0 Å². The third-order valence-electron chi connectivity index (χ3n) is 3.39. The fourth-order valence-electron chi connectivity index (χ4n) is 2.31. The Labute approximate surface area is 117 Å². The average Bonchev–Trinajstić information content (AvgIpc) is 2.84. The van der Waals surface area contributed by atoms with Crippen molar-refractivity contribution in [2.24, 2.45) is 0 Å². The van der Waals surface area contributed by atoms with Crippen LogP contribution >= 0.6 is 15.9 Å². The number of carbonyl (C=O) groups is 1. The minimum atomic E-state index is 0.0256. The summed E-state index contributed by atoms with van der Waals surface area (Å²) in [4.78, 5) is 13.7. The molecule has 1 aromatic rings. The van der Waals surface area contributed by atoms with Crippen LogP contribution < -0.4 is 5.32 Å². The molecule has 0 unspecified atom stereocenters. The van der Waals surface area contributed by atoms with Crippen molar-refractivity contribution in [2.75, 3.05) is 7.05 Å².